The molecule has 2 aromatic rings. The predicted octanol–water partition coefficient (Wildman–Crippen LogP) is 3.03. The van der Waals surface area contributed by atoms with Gasteiger partial charge in [-0.3, -0.25) is 0 Å². The summed E-state index contributed by atoms with van der Waals surface area (Å²) in [5, 5.41) is 0.477. The zero-order chi connectivity index (χ0) is 11.8. The van der Waals surface area contributed by atoms with Crippen molar-refractivity contribution in [2.45, 2.75) is 11.3 Å². The van der Waals surface area contributed by atoms with Gasteiger partial charge in [-0.2, -0.15) is 0 Å². The number of halogens is 1. The maximum Gasteiger partial charge on any atom is 0.222 e. The van der Waals surface area contributed by atoms with Gasteiger partial charge in [0.25, 0.3) is 0 Å². The van der Waals surface area contributed by atoms with E-state index in [9.17, 15) is 0 Å². The summed E-state index contributed by atoms with van der Waals surface area (Å²) in [6.07, 6.45) is 0.869. The molecule has 0 aliphatic carbocycles. The summed E-state index contributed by atoms with van der Waals surface area (Å²) in [6.45, 7) is 0. The molecule has 1 aliphatic rings. The molecule has 86 valence electrons. The maximum absolute atomic E-state index is 6.15. The van der Waals surface area contributed by atoms with E-state index >= 15 is 0 Å². The Morgan fingerprint density at radius 2 is 2.06 bits per heavy atom. The number of nitrogens with two attached hydrogens (primary N) is 1. The van der Waals surface area contributed by atoms with E-state index in [4.69, 9.17) is 17.3 Å². The Morgan fingerprint density at radius 1 is 1.24 bits per heavy atom. The molecule has 0 amide bonds. The molecule has 1 aromatic heterocycles. The molecule has 1 aliphatic heterocycles. The first-order chi connectivity index (χ1) is 8.25. The normalized spacial score (nSPS) is 13.7. The van der Waals surface area contributed by atoms with Crippen LogP contribution >= 0.6 is 23.4 Å². The highest BCUT2D eigenvalue weighted by atomic mass is 35.5. The van der Waals surface area contributed by atoms with E-state index in [2.05, 4.69) is 22.1 Å². The molecule has 0 unspecified atom stereocenters. The van der Waals surface area contributed by atoms with Crippen molar-refractivity contribution in [3.8, 4) is 11.3 Å². The number of fused-ring (bicyclic) bond motifs is 3. The number of rotatable bonds is 0. The molecule has 0 fully saturated rings. The Kier molecular flexibility index (Phi) is 2.68. The average molecular weight is 264 g/mol. The van der Waals surface area contributed by atoms with Crippen LogP contribution < -0.4 is 5.73 Å². The maximum atomic E-state index is 6.15. The summed E-state index contributed by atoms with van der Waals surface area (Å²) < 4.78 is 0. The third-order valence-corrected chi connectivity index (χ3v) is 4.11. The quantitative estimate of drug-likeness (QED) is 0.743. The molecule has 0 saturated heterocycles. The van der Waals surface area contributed by atoms with E-state index < -0.39 is 0 Å². The summed E-state index contributed by atoms with van der Waals surface area (Å²) in [5.41, 5.74) is 8.65. The molecule has 3 nitrogen and oxygen atoms in total. The van der Waals surface area contributed by atoms with Gasteiger partial charge in [-0.15, -0.1) is 11.8 Å². The highest BCUT2D eigenvalue weighted by Crippen LogP contribution is 2.38. The van der Waals surface area contributed by atoms with E-state index in [1.54, 1.807) is 0 Å². The Balaban J connectivity index is 2.32. The van der Waals surface area contributed by atoms with Gasteiger partial charge in [0.2, 0.25) is 5.95 Å². The molecule has 0 atom stereocenters. The van der Waals surface area contributed by atoms with Crippen LogP contribution in [0.15, 0.2) is 29.2 Å². The van der Waals surface area contributed by atoms with Gasteiger partial charge in [-0.25, -0.2) is 9.97 Å². The predicted molar refractivity (Wildman–Crippen MR) is 71.3 cm³/mol. The van der Waals surface area contributed by atoms with E-state index in [1.165, 1.54) is 4.90 Å². The summed E-state index contributed by atoms with van der Waals surface area (Å²) in [7, 11) is 0. The zero-order valence-corrected chi connectivity index (χ0v) is 10.6. The third-order valence-electron chi connectivity index (χ3n) is 2.73. The van der Waals surface area contributed by atoms with Gasteiger partial charge in [0, 0.05) is 21.8 Å². The van der Waals surface area contributed by atoms with Gasteiger partial charge in [-0.05, 0) is 12.5 Å². The van der Waals surface area contributed by atoms with Crippen LogP contribution in [0.2, 0.25) is 5.15 Å². The Labute approximate surface area is 108 Å². The largest absolute Gasteiger partial charge is 0.368 e. The smallest absolute Gasteiger partial charge is 0.222 e. The third kappa shape index (κ3) is 1.87. The minimum absolute atomic E-state index is 0.232. The standard InChI is InChI=1S/C12H10ClN3S/c13-11-8-5-6-17-9-4-2-1-3-7(9)10(8)15-12(14)16-11/h1-4H,5-6H2,(H2,14,15,16). The molecule has 17 heavy (non-hydrogen) atoms. The molecular weight excluding hydrogens is 254 g/mol. The van der Waals surface area contributed by atoms with E-state index in [0.29, 0.717) is 5.15 Å². The number of aromatic nitrogens is 2. The minimum atomic E-state index is 0.232. The number of nitrogen functional groups attached to an aromatic ring is 1. The van der Waals surface area contributed by atoms with Crippen molar-refractivity contribution in [1.29, 1.82) is 0 Å². The first-order valence-corrected chi connectivity index (χ1v) is 6.66. The SMILES string of the molecule is Nc1nc(Cl)c2c(n1)-c1ccccc1SCC2. The molecule has 3 rings (SSSR count). The van der Waals surface area contributed by atoms with Crippen molar-refractivity contribution >= 4 is 29.3 Å². The minimum Gasteiger partial charge on any atom is -0.368 e. The number of hydrogen-bond donors (Lipinski definition) is 1. The second kappa shape index (κ2) is 4.20. The number of benzene rings is 1. The average Bonchev–Trinajstić information content (AvgIpc) is 2.49. The Morgan fingerprint density at radius 3 is 2.94 bits per heavy atom. The van der Waals surface area contributed by atoms with Crippen LogP contribution in [0.4, 0.5) is 5.95 Å². The van der Waals surface area contributed by atoms with Crippen molar-refractivity contribution in [3.63, 3.8) is 0 Å². The first-order valence-electron chi connectivity index (χ1n) is 5.30. The van der Waals surface area contributed by atoms with Crippen LogP contribution in [0.5, 0.6) is 0 Å². The molecule has 0 spiro atoms. The Bertz CT molecular complexity index is 586. The fraction of sp³-hybridized carbons (Fsp3) is 0.167. The lowest BCUT2D eigenvalue weighted by molar-refractivity contribution is 1.07. The zero-order valence-electron chi connectivity index (χ0n) is 8.98. The molecule has 0 bridgehead atoms. The van der Waals surface area contributed by atoms with E-state index in [0.717, 1.165) is 29.0 Å². The van der Waals surface area contributed by atoms with Gasteiger partial charge in [0.05, 0.1) is 5.69 Å². The van der Waals surface area contributed by atoms with Crippen molar-refractivity contribution in [1.82, 2.24) is 9.97 Å². The van der Waals surface area contributed by atoms with Gasteiger partial charge in [-0.1, -0.05) is 29.8 Å². The summed E-state index contributed by atoms with van der Waals surface area (Å²) >= 11 is 7.96. The first kappa shape index (κ1) is 10.9. The van der Waals surface area contributed by atoms with Crippen molar-refractivity contribution in [2.24, 2.45) is 0 Å². The fourth-order valence-electron chi connectivity index (χ4n) is 1.97. The van der Waals surface area contributed by atoms with Crippen molar-refractivity contribution < 1.29 is 0 Å². The molecule has 0 radical (unpaired) electrons. The van der Waals surface area contributed by atoms with E-state index in [-0.39, 0.29) is 5.95 Å². The van der Waals surface area contributed by atoms with Crippen LogP contribution in [0.1, 0.15) is 5.56 Å². The van der Waals surface area contributed by atoms with Gasteiger partial charge >= 0.3 is 0 Å². The molecule has 2 heterocycles. The molecule has 5 heteroatoms. The highest BCUT2D eigenvalue weighted by Gasteiger charge is 2.19. The second-order valence-electron chi connectivity index (χ2n) is 3.79. The summed E-state index contributed by atoms with van der Waals surface area (Å²) in [4.78, 5) is 9.59. The Hall–Kier alpha value is -1.26. The van der Waals surface area contributed by atoms with Crippen LogP contribution in [0.3, 0.4) is 0 Å². The molecule has 2 N–H and O–H groups in total. The van der Waals surface area contributed by atoms with Crippen molar-refractivity contribution in [3.05, 3.63) is 35.0 Å². The fourth-order valence-corrected chi connectivity index (χ4v) is 3.26. The number of hydrogen-bond acceptors (Lipinski definition) is 4. The number of thioether (sulfide) groups is 1. The van der Waals surface area contributed by atoms with Gasteiger partial charge in [0.15, 0.2) is 0 Å². The van der Waals surface area contributed by atoms with E-state index in [1.807, 2.05) is 23.9 Å². The summed E-state index contributed by atoms with van der Waals surface area (Å²) in [6, 6.07) is 8.18. The van der Waals surface area contributed by atoms with Gasteiger partial charge in [0.1, 0.15) is 5.15 Å². The molecule has 0 saturated carbocycles. The lowest BCUT2D eigenvalue weighted by Crippen LogP contribution is -2.02. The summed E-state index contributed by atoms with van der Waals surface area (Å²) in [5.74, 6) is 1.22. The number of nitrogens with zero attached hydrogens (tertiary/aromatic N) is 2. The molecular formula is C12H10ClN3S. The highest BCUT2D eigenvalue weighted by molar-refractivity contribution is 7.99. The topological polar surface area (TPSA) is 51.8 Å². The van der Waals surface area contributed by atoms with Crippen LogP contribution in [-0.2, 0) is 6.42 Å². The molecule has 1 aromatic carbocycles. The second-order valence-corrected chi connectivity index (χ2v) is 5.29. The lowest BCUT2D eigenvalue weighted by atomic mass is 10.1. The van der Waals surface area contributed by atoms with Crippen LogP contribution in [0, 0.1) is 0 Å². The number of anilines is 1. The van der Waals surface area contributed by atoms with Crippen LogP contribution in [-0.4, -0.2) is 15.7 Å². The van der Waals surface area contributed by atoms with Crippen LogP contribution in [0.25, 0.3) is 11.3 Å². The monoisotopic (exact) mass is 263 g/mol. The van der Waals surface area contributed by atoms with Crippen molar-refractivity contribution in [2.75, 3.05) is 11.5 Å². The lowest BCUT2D eigenvalue weighted by Gasteiger charge is -2.09. The van der Waals surface area contributed by atoms with Gasteiger partial charge < -0.3 is 5.73 Å².